The highest BCUT2D eigenvalue weighted by Gasteiger charge is 2.38. The molecule has 0 spiro atoms. The van der Waals surface area contributed by atoms with Crippen molar-refractivity contribution in [3.8, 4) is 5.75 Å². The Hall–Kier alpha value is -1.42. The number of ketones is 1. The lowest BCUT2D eigenvalue weighted by atomic mass is 9.76. The molecule has 0 amide bonds. The summed E-state index contributed by atoms with van der Waals surface area (Å²) in [5.41, 5.74) is 0.444. The highest BCUT2D eigenvalue weighted by atomic mass is 19.1. The summed E-state index contributed by atoms with van der Waals surface area (Å²) < 4.78 is 18.7. The molecule has 4 heteroatoms. The molecule has 1 aromatic carbocycles. The number of methoxy groups -OCH3 is 1. The summed E-state index contributed by atoms with van der Waals surface area (Å²) in [6, 6.07) is 5.29. The number of ether oxygens (including phenoxy) is 1. The molecule has 0 aliphatic carbocycles. The van der Waals surface area contributed by atoms with Gasteiger partial charge in [0.15, 0.2) is 5.78 Å². The average molecular weight is 291 g/mol. The minimum Gasteiger partial charge on any atom is -0.497 e. The molecule has 2 aliphatic rings. The zero-order chi connectivity index (χ0) is 15.0. The van der Waals surface area contributed by atoms with E-state index in [0.29, 0.717) is 23.4 Å². The minimum atomic E-state index is -0.411. The molecule has 21 heavy (non-hydrogen) atoms. The van der Waals surface area contributed by atoms with Crippen LogP contribution in [0.3, 0.4) is 0 Å². The van der Waals surface area contributed by atoms with Crippen LogP contribution in [0, 0.1) is 11.7 Å². The molecule has 0 aromatic heterocycles. The van der Waals surface area contributed by atoms with E-state index in [1.54, 1.807) is 6.07 Å². The number of halogens is 1. The third kappa shape index (κ3) is 2.82. The molecule has 3 nitrogen and oxygen atoms in total. The lowest BCUT2D eigenvalue weighted by Gasteiger charge is -2.46. The van der Waals surface area contributed by atoms with Gasteiger partial charge in [-0.15, -0.1) is 0 Å². The number of fused-ring (bicyclic) bond motifs is 2. The molecule has 2 aliphatic heterocycles. The minimum absolute atomic E-state index is 0.0167. The van der Waals surface area contributed by atoms with Gasteiger partial charge in [-0.05, 0) is 44.9 Å². The van der Waals surface area contributed by atoms with Gasteiger partial charge in [0.05, 0.1) is 7.11 Å². The van der Waals surface area contributed by atoms with E-state index in [0.717, 1.165) is 12.8 Å². The maximum Gasteiger partial charge on any atom is 0.166 e. The van der Waals surface area contributed by atoms with Gasteiger partial charge in [-0.25, -0.2) is 4.39 Å². The van der Waals surface area contributed by atoms with Gasteiger partial charge in [-0.3, -0.25) is 4.79 Å². The van der Waals surface area contributed by atoms with Crippen molar-refractivity contribution >= 4 is 5.78 Å². The second-order valence-corrected chi connectivity index (χ2v) is 6.32. The first kappa shape index (κ1) is 14.5. The largest absolute Gasteiger partial charge is 0.497 e. The molecule has 114 valence electrons. The number of rotatable bonds is 3. The SMILES string of the molecule is COc1cc(F)cc(C(=O)C2CC3CCCC(C2)N3C)c1. The topological polar surface area (TPSA) is 29.5 Å². The molecule has 1 aromatic rings. The van der Waals surface area contributed by atoms with Crippen molar-refractivity contribution in [3.05, 3.63) is 29.6 Å². The summed E-state index contributed by atoms with van der Waals surface area (Å²) in [7, 11) is 3.66. The van der Waals surface area contributed by atoms with Crippen LogP contribution in [0.25, 0.3) is 0 Å². The van der Waals surface area contributed by atoms with Gasteiger partial charge >= 0.3 is 0 Å². The Bertz CT molecular complexity index is 532. The van der Waals surface area contributed by atoms with E-state index in [-0.39, 0.29) is 11.7 Å². The van der Waals surface area contributed by atoms with E-state index < -0.39 is 5.82 Å². The van der Waals surface area contributed by atoms with E-state index in [9.17, 15) is 9.18 Å². The van der Waals surface area contributed by atoms with Gasteiger partial charge < -0.3 is 9.64 Å². The molecule has 2 unspecified atom stereocenters. The third-order valence-corrected chi connectivity index (χ3v) is 5.10. The number of benzene rings is 1. The molecule has 2 bridgehead atoms. The maximum atomic E-state index is 13.6. The molecular formula is C17H22FNO2. The predicted octanol–water partition coefficient (Wildman–Crippen LogP) is 3.28. The number of Topliss-reactive ketones (excluding diaryl/α,β-unsaturated/α-hetero) is 1. The Morgan fingerprint density at radius 2 is 1.90 bits per heavy atom. The average Bonchev–Trinajstić information content (AvgIpc) is 2.45. The highest BCUT2D eigenvalue weighted by molar-refractivity contribution is 5.98. The van der Waals surface area contributed by atoms with Gasteiger partial charge in [0, 0.05) is 29.6 Å². The zero-order valence-corrected chi connectivity index (χ0v) is 12.6. The van der Waals surface area contributed by atoms with Crippen LogP contribution < -0.4 is 4.74 Å². The van der Waals surface area contributed by atoms with Crippen molar-refractivity contribution in [1.29, 1.82) is 0 Å². The van der Waals surface area contributed by atoms with E-state index in [4.69, 9.17) is 4.74 Å². The molecule has 2 saturated heterocycles. The number of piperidine rings is 2. The standard InChI is InChI=1S/C17H22FNO2/c1-19-14-4-3-5-15(19)8-12(7-14)17(20)11-6-13(18)10-16(9-11)21-2/h6,9-10,12,14-15H,3-5,7-8H2,1-2H3. The van der Waals surface area contributed by atoms with Crippen molar-refractivity contribution in [1.82, 2.24) is 4.90 Å². The highest BCUT2D eigenvalue weighted by Crippen LogP contribution is 2.37. The molecule has 0 N–H and O–H groups in total. The third-order valence-electron chi connectivity index (χ3n) is 5.10. The molecule has 0 saturated carbocycles. The van der Waals surface area contributed by atoms with Crippen molar-refractivity contribution in [2.24, 2.45) is 5.92 Å². The monoisotopic (exact) mass is 291 g/mol. The molecule has 0 radical (unpaired) electrons. The van der Waals surface area contributed by atoms with Crippen LogP contribution >= 0.6 is 0 Å². The quantitative estimate of drug-likeness (QED) is 0.800. The second-order valence-electron chi connectivity index (χ2n) is 6.32. The molecule has 3 rings (SSSR count). The Kier molecular flexibility index (Phi) is 3.98. The molecule has 2 fully saturated rings. The van der Waals surface area contributed by atoms with Gasteiger partial charge in [0.25, 0.3) is 0 Å². The van der Waals surface area contributed by atoms with Crippen LogP contribution in [0.1, 0.15) is 42.5 Å². The second kappa shape index (κ2) is 5.76. The molecular weight excluding hydrogens is 269 g/mol. The first-order valence-corrected chi connectivity index (χ1v) is 7.69. The van der Waals surface area contributed by atoms with Crippen LogP contribution in [0.2, 0.25) is 0 Å². The number of carbonyl (C=O) groups is 1. The van der Waals surface area contributed by atoms with Gasteiger partial charge in [0.1, 0.15) is 11.6 Å². The Balaban J connectivity index is 1.81. The summed E-state index contributed by atoms with van der Waals surface area (Å²) in [6.07, 6.45) is 5.39. The summed E-state index contributed by atoms with van der Waals surface area (Å²) in [4.78, 5) is 15.1. The van der Waals surface area contributed by atoms with Gasteiger partial charge in [0.2, 0.25) is 0 Å². The van der Waals surface area contributed by atoms with Crippen LogP contribution in [-0.4, -0.2) is 36.9 Å². The summed E-state index contributed by atoms with van der Waals surface area (Å²) in [5, 5.41) is 0. The van der Waals surface area contributed by atoms with Gasteiger partial charge in [-0.1, -0.05) is 6.42 Å². The van der Waals surface area contributed by atoms with E-state index >= 15 is 0 Å². The Morgan fingerprint density at radius 1 is 1.24 bits per heavy atom. The Morgan fingerprint density at radius 3 is 2.52 bits per heavy atom. The lowest BCUT2D eigenvalue weighted by Crippen LogP contribution is -2.51. The van der Waals surface area contributed by atoms with Crippen LogP contribution in [0.4, 0.5) is 4.39 Å². The number of carbonyl (C=O) groups excluding carboxylic acids is 1. The first-order chi connectivity index (χ1) is 10.1. The predicted molar refractivity (Wildman–Crippen MR) is 79.2 cm³/mol. The van der Waals surface area contributed by atoms with Crippen LogP contribution in [-0.2, 0) is 0 Å². The van der Waals surface area contributed by atoms with Crippen molar-refractivity contribution in [2.75, 3.05) is 14.2 Å². The van der Waals surface area contributed by atoms with Crippen LogP contribution in [0.5, 0.6) is 5.75 Å². The lowest BCUT2D eigenvalue weighted by molar-refractivity contribution is 0.0338. The zero-order valence-electron chi connectivity index (χ0n) is 12.6. The fraction of sp³-hybridized carbons (Fsp3) is 0.588. The smallest absolute Gasteiger partial charge is 0.166 e. The van der Waals surface area contributed by atoms with Crippen molar-refractivity contribution in [3.63, 3.8) is 0 Å². The number of hydrogen-bond acceptors (Lipinski definition) is 3. The summed E-state index contributed by atoms with van der Waals surface area (Å²) in [5.74, 6) is 0.0816. The van der Waals surface area contributed by atoms with E-state index in [2.05, 4.69) is 11.9 Å². The van der Waals surface area contributed by atoms with Crippen molar-refractivity contribution < 1.29 is 13.9 Å². The summed E-state index contributed by atoms with van der Waals surface area (Å²) in [6.45, 7) is 0. The first-order valence-electron chi connectivity index (χ1n) is 7.69. The maximum absolute atomic E-state index is 13.6. The van der Waals surface area contributed by atoms with Crippen LogP contribution in [0.15, 0.2) is 18.2 Å². The normalized spacial score (nSPS) is 29.2. The Labute approximate surface area is 125 Å². The fourth-order valence-electron chi connectivity index (χ4n) is 3.89. The van der Waals surface area contributed by atoms with E-state index in [1.807, 2.05) is 0 Å². The van der Waals surface area contributed by atoms with Crippen molar-refractivity contribution in [2.45, 2.75) is 44.2 Å². The summed E-state index contributed by atoms with van der Waals surface area (Å²) >= 11 is 0. The molecule has 2 heterocycles. The molecule has 2 atom stereocenters. The number of nitrogens with zero attached hydrogens (tertiary/aromatic N) is 1. The fourth-order valence-corrected chi connectivity index (χ4v) is 3.89. The number of hydrogen-bond donors (Lipinski definition) is 0. The van der Waals surface area contributed by atoms with E-state index in [1.165, 1.54) is 38.5 Å². The van der Waals surface area contributed by atoms with Gasteiger partial charge in [-0.2, -0.15) is 0 Å².